The minimum absolute atomic E-state index is 0.159. The van der Waals surface area contributed by atoms with E-state index < -0.39 is 0 Å². The summed E-state index contributed by atoms with van der Waals surface area (Å²) in [6.45, 7) is 1.19. The monoisotopic (exact) mass is 304 g/mol. The van der Waals surface area contributed by atoms with Crippen LogP contribution in [0.4, 0.5) is 34.6 Å². The van der Waals surface area contributed by atoms with E-state index >= 15 is 0 Å². The van der Waals surface area contributed by atoms with Crippen LogP contribution < -0.4 is 38.3 Å². The predicted octanol–water partition coefficient (Wildman–Crippen LogP) is 0.338. The molecule has 1 aromatic heterocycles. The van der Waals surface area contributed by atoms with Crippen LogP contribution in [-0.2, 0) is 0 Å². The lowest BCUT2D eigenvalue weighted by molar-refractivity contribution is 0.417. The van der Waals surface area contributed by atoms with Gasteiger partial charge < -0.3 is 38.3 Å². The van der Waals surface area contributed by atoms with E-state index in [9.17, 15) is 0 Å². The molecule has 0 aliphatic heterocycles. The molecule has 0 bridgehead atoms. The van der Waals surface area contributed by atoms with Crippen molar-refractivity contribution < 1.29 is 4.74 Å². The molecule has 10 N–H and O–H groups in total. The third-order valence-electron chi connectivity index (χ3n) is 2.98. The number of rotatable bonds is 6. The Labute approximate surface area is 128 Å². The minimum Gasteiger partial charge on any atom is -0.495 e. The van der Waals surface area contributed by atoms with Crippen molar-refractivity contribution in [2.24, 2.45) is 0 Å². The molecular formula is C13H20N8O. The van der Waals surface area contributed by atoms with E-state index in [1.54, 1.807) is 13.2 Å². The third kappa shape index (κ3) is 3.51. The number of hydrogen-bond acceptors (Lipinski definition) is 9. The molecule has 1 aromatic carbocycles. The molecule has 0 amide bonds. The summed E-state index contributed by atoms with van der Waals surface area (Å²) in [7, 11) is 1.57. The van der Waals surface area contributed by atoms with Gasteiger partial charge in [-0.2, -0.15) is 9.97 Å². The zero-order chi connectivity index (χ0) is 16.1. The van der Waals surface area contributed by atoms with Crippen LogP contribution in [0.25, 0.3) is 0 Å². The Morgan fingerprint density at radius 2 is 1.64 bits per heavy atom. The van der Waals surface area contributed by atoms with E-state index in [0.717, 1.165) is 5.69 Å². The first-order chi connectivity index (χ1) is 10.5. The van der Waals surface area contributed by atoms with Gasteiger partial charge in [0.1, 0.15) is 11.4 Å². The summed E-state index contributed by atoms with van der Waals surface area (Å²) in [4.78, 5) is 8.01. The van der Waals surface area contributed by atoms with Crippen LogP contribution in [0.2, 0.25) is 0 Å². The first-order valence-corrected chi connectivity index (χ1v) is 6.61. The molecule has 0 aliphatic carbocycles. The van der Waals surface area contributed by atoms with Crippen molar-refractivity contribution in [2.45, 2.75) is 0 Å². The average molecular weight is 304 g/mol. The number of aromatic nitrogens is 2. The van der Waals surface area contributed by atoms with Crippen molar-refractivity contribution in [3.05, 3.63) is 18.2 Å². The van der Waals surface area contributed by atoms with Crippen LogP contribution in [-0.4, -0.2) is 30.2 Å². The van der Waals surface area contributed by atoms with Crippen LogP contribution in [0.3, 0.4) is 0 Å². The van der Waals surface area contributed by atoms with Crippen molar-refractivity contribution in [2.75, 3.05) is 53.8 Å². The number of anilines is 6. The standard InChI is InChI=1S/C13H20N8O/c1-22-9-6-7(2-3-8(9)14)18-4-5-19-13-20-11(16)10(15)12(17)21-13/h2-3,6,18H,4-5,14-15H2,1H3,(H5,16,17,19,20,21). The second-order valence-electron chi connectivity index (χ2n) is 4.54. The first-order valence-electron chi connectivity index (χ1n) is 6.61. The maximum Gasteiger partial charge on any atom is 0.226 e. The van der Waals surface area contributed by atoms with Gasteiger partial charge in [-0.25, -0.2) is 0 Å². The van der Waals surface area contributed by atoms with Gasteiger partial charge >= 0.3 is 0 Å². The first kappa shape index (κ1) is 15.3. The summed E-state index contributed by atoms with van der Waals surface area (Å²) in [6, 6.07) is 5.47. The molecule has 0 spiro atoms. The molecular weight excluding hydrogens is 284 g/mol. The van der Waals surface area contributed by atoms with Gasteiger partial charge in [0.15, 0.2) is 11.6 Å². The molecule has 0 unspecified atom stereocenters. The Morgan fingerprint density at radius 1 is 1.00 bits per heavy atom. The van der Waals surface area contributed by atoms with Gasteiger partial charge in [0.25, 0.3) is 0 Å². The number of hydrogen-bond donors (Lipinski definition) is 6. The predicted molar refractivity (Wildman–Crippen MR) is 89.7 cm³/mol. The fourth-order valence-electron chi connectivity index (χ4n) is 1.79. The van der Waals surface area contributed by atoms with Gasteiger partial charge in [-0.15, -0.1) is 0 Å². The summed E-state index contributed by atoms with van der Waals surface area (Å²) in [5.41, 5.74) is 24.3. The lowest BCUT2D eigenvalue weighted by Crippen LogP contribution is -2.16. The minimum atomic E-state index is 0.159. The molecule has 0 fully saturated rings. The van der Waals surface area contributed by atoms with Gasteiger partial charge in [0.2, 0.25) is 5.95 Å². The SMILES string of the molecule is COc1cc(NCCNc2nc(N)c(N)c(N)n2)ccc1N. The molecule has 22 heavy (non-hydrogen) atoms. The van der Waals surface area contributed by atoms with Crippen LogP contribution in [0.15, 0.2) is 18.2 Å². The van der Waals surface area contributed by atoms with E-state index in [4.69, 9.17) is 27.7 Å². The van der Waals surface area contributed by atoms with E-state index in [-0.39, 0.29) is 17.3 Å². The average Bonchev–Trinajstić information content (AvgIpc) is 2.50. The summed E-state index contributed by atoms with van der Waals surface area (Å²) in [6.07, 6.45) is 0. The largest absolute Gasteiger partial charge is 0.495 e. The Hall–Kier alpha value is -3.10. The number of nitrogens with zero attached hydrogens (tertiary/aromatic N) is 2. The molecule has 9 heteroatoms. The fourth-order valence-corrected chi connectivity index (χ4v) is 1.79. The van der Waals surface area contributed by atoms with Gasteiger partial charge in [-0.3, -0.25) is 0 Å². The molecule has 118 valence electrons. The number of nitrogen functional groups attached to an aromatic ring is 4. The van der Waals surface area contributed by atoms with Gasteiger partial charge in [-0.1, -0.05) is 0 Å². The second-order valence-corrected chi connectivity index (χ2v) is 4.54. The van der Waals surface area contributed by atoms with E-state index in [1.165, 1.54) is 0 Å². The van der Waals surface area contributed by atoms with Gasteiger partial charge in [0, 0.05) is 24.8 Å². The molecule has 2 rings (SSSR count). The molecule has 2 aromatic rings. The second kappa shape index (κ2) is 6.57. The molecule has 0 aliphatic rings. The van der Waals surface area contributed by atoms with Crippen molar-refractivity contribution >= 4 is 34.6 Å². The molecule has 0 atom stereocenters. The lowest BCUT2D eigenvalue weighted by Gasteiger charge is -2.11. The number of nitrogens with two attached hydrogens (primary N) is 4. The van der Waals surface area contributed by atoms with Crippen molar-refractivity contribution in [3.8, 4) is 5.75 Å². The molecule has 0 radical (unpaired) electrons. The third-order valence-corrected chi connectivity index (χ3v) is 2.98. The van der Waals surface area contributed by atoms with Crippen LogP contribution in [0.1, 0.15) is 0 Å². The van der Waals surface area contributed by atoms with Gasteiger partial charge in [-0.05, 0) is 12.1 Å². The molecule has 9 nitrogen and oxygen atoms in total. The van der Waals surface area contributed by atoms with E-state index in [0.29, 0.717) is 30.5 Å². The van der Waals surface area contributed by atoms with Gasteiger partial charge in [0.05, 0.1) is 12.8 Å². The van der Waals surface area contributed by atoms with Crippen LogP contribution in [0, 0.1) is 0 Å². The Balaban J connectivity index is 1.87. The molecule has 0 saturated carbocycles. The number of nitrogens with one attached hydrogen (secondary N) is 2. The van der Waals surface area contributed by atoms with Crippen LogP contribution >= 0.6 is 0 Å². The summed E-state index contributed by atoms with van der Waals surface area (Å²) < 4.78 is 5.16. The number of methoxy groups -OCH3 is 1. The Morgan fingerprint density at radius 3 is 2.27 bits per heavy atom. The highest BCUT2D eigenvalue weighted by Crippen LogP contribution is 2.24. The quantitative estimate of drug-likeness (QED) is 0.326. The van der Waals surface area contributed by atoms with E-state index in [1.807, 2.05) is 12.1 Å². The highest BCUT2D eigenvalue weighted by Gasteiger charge is 2.06. The van der Waals surface area contributed by atoms with Crippen molar-refractivity contribution in [3.63, 3.8) is 0 Å². The van der Waals surface area contributed by atoms with E-state index in [2.05, 4.69) is 20.6 Å². The lowest BCUT2D eigenvalue weighted by atomic mass is 10.2. The zero-order valence-corrected chi connectivity index (χ0v) is 12.3. The molecule has 0 saturated heterocycles. The molecule has 1 heterocycles. The Kier molecular flexibility index (Phi) is 4.57. The highest BCUT2D eigenvalue weighted by molar-refractivity contribution is 5.72. The van der Waals surface area contributed by atoms with Crippen molar-refractivity contribution in [1.82, 2.24) is 9.97 Å². The number of ether oxygens (including phenoxy) is 1. The Bertz CT molecular complexity index is 637. The smallest absolute Gasteiger partial charge is 0.226 e. The summed E-state index contributed by atoms with van der Waals surface area (Å²) >= 11 is 0. The summed E-state index contributed by atoms with van der Waals surface area (Å²) in [5, 5.41) is 6.22. The topological polar surface area (TPSA) is 163 Å². The zero-order valence-electron chi connectivity index (χ0n) is 12.3. The fraction of sp³-hybridized carbons (Fsp3) is 0.231. The van der Waals surface area contributed by atoms with Crippen molar-refractivity contribution in [1.29, 1.82) is 0 Å². The van der Waals surface area contributed by atoms with Crippen LogP contribution in [0.5, 0.6) is 5.75 Å². The summed E-state index contributed by atoms with van der Waals surface area (Å²) in [5.74, 6) is 1.28. The maximum absolute atomic E-state index is 5.76. The highest BCUT2D eigenvalue weighted by atomic mass is 16.5. The number of benzene rings is 1. The normalized spacial score (nSPS) is 10.2. The maximum atomic E-state index is 5.76.